The van der Waals surface area contributed by atoms with Crippen molar-refractivity contribution in [2.75, 3.05) is 0 Å². The molecule has 66 valence electrons. The quantitative estimate of drug-likeness (QED) is 0.647. The predicted molar refractivity (Wildman–Crippen MR) is 45.3 cm³/mol. The molecule has 1 heterocycles. The number of carbonyl (C=O) groups is 1. The van der Waals surface area contributed by atoms with Crippen molar-refractivity contribution in [3.05, 3.63) is 30.1 Å². The molecule has 1 rings (SSSR count). The number of nitriles is 1. The second-order valence-electron chi connectivity index (χ2n) is 2.37. The van der Waals surface area contributed by atoms with E-state index in [1.54, 1.807) is 12.3 Å². The third-order valence-electron chi connectivity index (χ3n) is 1.34. The summed E-state index contributed by atoms with van der Waals surface area (Å²) in [6, 6.07) is 1.95. The molecule has 0 fully saturated rings. The highest BCUT2D eigenvalue weighted by atomic mass is 16.1. The van der Waals surface area contributed by atoms with Crippen LogP contribution < -0.4 is 5.73 Å². The average molecular weight is 176 g/mol. The highest BCUT2D eigenvalue weighted by Gasteiger charge is 1.93. The first-order valence-corrected chi connectivity index (χ1v) is 3.61. The number of hydrogen-bond acceptors (Lipinski definition) is 3. The van der Waals surface area contributed by atoms with E-state index in [0.717, 1.165) is 0 Å². The van der Waals surface area contributed by atoms with E-state index < -0.39 is 5.91 Å². The topological polar surface area (TPSA) is 84.7 Å². The van der Waals surface area contributed by atoms with Gasteiger partial charge in [0.05, 0.1) is 18.3 Å². The Morgan fingerprint density at radius 2 is 2.62 bits per heavy atom. The zero-order chi connectivity index (χ0) is 9.68. The molecule has 13 heavy (non-hydrogen) atoms. The summed E-state index contributed by atoms with van der Waals surface area (Å²) in [5, 5.41) is 12.3. The van der Waals surface area contributed by atoms with Gasteiger partial charge in [-0.2, -0.15) is 10.4 Å². The molecule has 1 amide bonds. The van der Waals surface area contributed by atoms with Crippen LogP contribution in [0.15, 0.2) is 24.5 Å². The van der Waals surface area contributed by atoms with Gasteiger partial charge in [0.2, 0.25) is 5.91 Å². The Morgan fingerprint density at radius 3 is 3.15 bits per heavy atom. The summed E-state index contributed by atoms with van der Waals surface area (Å²) < 4.78 is 1.54. The third-order valence-corrected chi connectivity index (χ3v) is 1.34. The molecule has 0 atom stereocenters. The molecule has 0 spiro atoms. The van der Waals surface area contributed by atoms with Gasteiger partial charge in [-0.3, -0.25) is 9.48 Å². The van der Waals surface area contributed by atoms with Crippen molar-refractivity contribution in [3.63, 3.8) is 0 Å². The van der Waals surface area contributed by atoms with E-state index in [9.17, 15) is 4.79 Å². The lowest BCUT2D eigenvalue weighted by Gasteiger charge is -1.91. The third kappa shape index (κ3) is 2.79. The summed E-state index contributed by atoms with van der Waals surface area (Å²) in [7, 11) is 0. The lowest BCUT2D eigenvalue weighted by Crippen LogP contribution is -2.06. The van der Waals surface area contributed by atoms with Crippen LogP contribution in [0.4, 0.5) is 0 Å². The van der Waals surface area contributed by atoms with Crippen molar-refractivity contribution >= 4 is 5.91 Å². The van der Waals surface area contributed by atoms with Crippen molar-refractivity contribution in [2.45, 2.75) is 6.54 Å². The molecule has 0 bridgehead atoms. The molecule has 0 aliphatic carbocycles. The number of amides is 1. The number of allylic oxidation sites excluding steroid dienone is 1. The van der Waals surface area contributed by atoms with E-state index in [0.29, 0.717) is 12.1 Å². The molecule has 0 aliphatic heterocycles. The first-order chi connectivity index (χ1) is 6.22. The van der Waals surface area contributed by atoms with E-state index in [1.165, 1.54) is 17.0 Å². The number of aromatic nitrogens is 2. The van der Waals surface area contributed by atoms with Crippen molar-refractivity contribution in [2.24, 2.45) is 5.73 Å². The second-order valence-corrected chi connectivity index (χ2v) is 2.37. The van der Waals surface area contributed by atoms with Gasteiger partial charge < -0.3 is 5.73 Å². The number of nitrogens with zero attached hydrogens (tertiary/aromatic N) is 3. The Morgan fingerprint density at radius 1 is 1.85 bits per heavy atom. The van der Waals surface area contributed by atoms with E-state index in [-0.39, 0.29) is 0 Å². The van der Waals surface area contributed by atoms with Gasteiger partial charge in [-0.1, -0.05) is 6.08 Å². The lowest BCUT2D eigenvalue weighted by atomic mass is 10.4. The van der Waals surface area contributed by atoms with E-state index >= 15 is 0 Å². The number of carbonyl (C=O) groups excluding carboxylic acids is 1. The maximum atomic E-state index is 10.3. The summed E-state index contributed by atoms with van der Waals surface area (Å²) in [6.07, 6.45) is 5.88. The van der Waals surface area contributed by atoms with Crippen LogP contribution in [0.2, 0.25) is 0 Å². The fourth-order valence-corrected chi connectivity index (χ4v) is 0.798. The highest BCUT2D eigenvalue weighted by Crippen LogP contribution is 1.94. The molecule has 0 unspecified atom stereocenters. The van der Waals surface area contributed by atoms with Crippen molar-refractivity contribution in [3.8, 4) is 6.07 Å². The van der Waals surface area contributed by atoms with E-state index in [2.05, 4.69) is 5.10 Å². The summed E-state index contributed by atoms with van der Waals surface area (Å²) >= 11 is 0. The Balaban J connectivity index is 2.56. The summed E-state index contributed by atoms with van der Waals surface area (Å²) in [5.74, 6) is -0.493. The van der Waals surface area contributed by atoms with Gasteiger partial charge in [-0.05, 0) is 0 Å². The van der Waals surface area contributed by atoms with Gasteiger partial charge >= 0.3 is 0 Å². The maximum Gasteiger partial charge on any atom is 0.241 e. The van der Waals surface area contributed by atoms with Crippen LogP contribution in [-0.4, -0.2) is 15.7 Å². The fourth-order valence-electron chi connectivity index (χ4n) is 0.798. The molecule has 5 heteroatoms. The van der Waals surface area contributed by atoms with Crippen LogP contribution in [0.25, 0.3) is 0 Å². The molecular formula is C8H8N4O. The Hall–Kier alpha value is -2.09. The van der Waals surface area contributed by atoms with Crippen LogP contribution in [0.5, 0.6) is 0 Å². The van der Waals surface area contributed by atoms with Crippen LogP contribution in [0, 0.1) is 11.3 Å². The molecule has 0 saturated carbocycles. The van der Waals surface area contributed by atoms with Gasteiger partial charge in [0, 0.05) is 12.3 Å². The predicted octanol–water partition coefficient (Wildman–Crippen LogP) is -0.204. The summed E-state index contributed by atoms with van der Waals surface area (Å²) in [5.41, 5.74) is 5.37. The van der Waals surface area contributed by atoms with Crippen LogP contribution in [0.1, 0.15) is 5.56 Å². The minimum absolute atomic E-state index is 0.435. The van der Waals surface area contributed by atoms with E-state index in [1.807, 2.05) is 6.07 Å². The average Bonchev–Trinajstić information content (AvgIpc) is 2.52. The first kappa shape index (κ1) is 9.00. The van der Waals surface area contributed by atoms with Crippen LogP contribution >= 0.6 is 0 Å². The molecule has 0 radical (unpaired) electrons. The van der Waals surface area contributed by atoms with Gasteiger partial charge in [0.15, 0.2) is 0 Å². The molecular weight excluding hydrogens is 168 g/mol. The number of primary amides is 1. The number of rotatable bonds is 3. The van der Waals surface area contributed by atoms with Gasteiger partial charge in [0.1, 0.15) is 6.07 Å². The minimum atomic E-state index is -0.493. The number of nitrogens with two attached hydrogens (primary N) is 1. The van der Waals surface area contributed by atoms with Crippen LogP contribution in [-0.2, 0) is 11.3 Å². The van der Waals surface area contributed by atoms with Crippen LogP contribution in [0.3, 0.4) is 0 Å². The molecule has 0 saturated heterocycles. The van der Waals surface area contributed by atoms with Crippen molar-refractivity contribution in [1.29, 1.82) is 5.26 Å². The molecule has 0 aliphatic rings. The Labute approximate surface area is 75.1 Å². The van der Waals surface area contributed by atoms with Gasteiger partial charge in [-0.15, -0.1) is 0 Å². The molecule has 1 aromatic rings. The molecule has 2 N–H and O–H groups in total. The zero-order valence-corrected chi connectivity index (χ0v) is 6.84. The number of hydrogen-bond donors (Lipinski definition) is 1. The van der Waals surface area contributed by atoms with E-state index in [4.69, 9.17) is 11.0 Å². The smallest absolute Gasteiger partial charge is 0.241 e. The monoisotopic (exact) mass is 176 g/mol. The minimum Gasteiger partial charge on any atom is -0.366 e. The summed E-state index contributed by atoms with van der Waals surface area (Å²) in [4.78, 5) is 10.3. The van der Waals surface area contributed by atoms with Gasteiger partial charge in [-0.25, -0.2) is 0 Å². The lowest BCUT2D eigenvalue weighted by molar-refractivity contribution is -0.113. The van der Waals surface area contributed by atoms with Crippen molar-refractivity contribution < 1.29 is 4.79 Å². The standard InChI is InChI=1S/C8H8N4O/c9-4-7-5-11-12(6-7)3-1-2-8(10)13/h1-2,5-6H,3H2,(H2,10,13)/b2-1-. The second kappa shape index (κ2) is 4.07. The Kier molecular flexibility index (Phi) is 2.82. The Bertz CT molecular complexity index is 372. The molecule has 1 aromatic heterocycles. The molecule has 0 aromatic carbocycles. The normalized spacial score (nSPS) is 10.1. The first-order valence-electron chi connectivity index (χ1n) is 3.61. The SMILES string of the molecule is N#Cc1cnn(C/C=C\C(N)=O)c1. The summed E-state index contributed by atoms with van der Waals surface area (Å²) in [6.45, 7) is 0.435. The van der Waals surface area contributed by atoms with Gasteiger partial charge in [0.25, 0.3) is 0 Å². The maximum absolute atomic E-state index is 10.3. The highest BCUT2D eigenvalue weighted by molar-refractivity contribution is 5.85. The largest absolute Gasteiger partial charge is 0.366 e. The van der Waals surface area contributed by atoms with Crippen molar-refractivity contribution in [1.82, 2.24) is 9.78 Å². The zero-order valence-electron chi connectivity index (χ0n) is 6.84. The fraction of sp³-hybridized carbons (Fsp3) is 0.125. The molecule has 5 nitrogen and oxygen atoms in total.